The topological polar surface area (TPSA) is 75.7 Å². The van der Waals surface area contributed by atoms with Gasteiger partial charge in [0, 0.05) is 12.6 Å². The number of benzene rings is 5. The van der Waals surface area contributed by atoms with Crippen LogP contribution < -0.4 is 0 Å². The van der Waals surface area contributed by atoms with E-state index in [9.17, 15) is 4.79 Å². The van der Waals surface area contributed by atoms with Crippen molar-refractivity contribution in [3.63, 3.8) is 0 Å². The number of aryl methyl sites for hydroxylation is 1. The van der Waals surface area contributed by atoms with Gasteiger partial charge in [-0.05, 0) is 52.4 Å². The summed E-state index contributed by atoms with van der Waals surface area (Å²) in [6, 6.07) is 46.0. The minimum atomic E-state index is -0.634. The van der Waals surface area contributed by atoms with Gasteiger partial charge in [0.15, 0.2) is 0 Å². The van der Waals surface area contributed by atoms with E-state index in [2.05, 4.69) is 0 Å². The molecule has 0 spiro atoms. The minimum absolute atomic E-state index is 0.242. The van der Waals surface area contributed by atoms with Crippen molar-refractivity contribution in [1.82, 2.24) is 5.06 Å². The number of amides is 1. The first-order valence-electron chi connectivity index (χ1n) is 17.7. The molecule has 0 saturated carbocycles. The van der Waals surface area contributed by atoms with Crippen molar-refractivity contribution in [3.05, 3.63) is 178 Å². The van der Waals surface area contributed by atoms with Crippen molar-refractivity contribution < 1.29 is 33.3 Å². The second kappa shape index (κ2) is 18.7. The molecule has 0 bridgehead atoms. The number of nitrogens with zero attached hydrogens (tertiary/aromatic N) is 1. The Morgan fingerprint density at radius 2 is 1.08 bits per heavy atom. The Balaban J connectivity index is 1.40. The molecule has 8 heteroatoms. The Morgan fingerprint density at radius 1 is 0.615 bits per heavy atom. The van der Waals surface area contributed by atoms with Gasteiger partial charge in [-0.15, -0.1) is 0 Å². The van der Waals surface area contributed by atoms with Crippen LogP contribution in [-0.4, -0.2) is 56.2 Å². The molecule has 6 rings (SSSR count). The zero-order valence-electron chi connectivity index (χ0n) is 30.0. The number of hydrogen-bond acceptors (Lipinski definition) is 7. The number of hydrogen-bond donors (Lipinski definition) is 0. The predicted molar refractivity (Wildman–Crippen MR) is 199 cm³/mol. The van der Waals surface area contributed by atoms with E-state index in [1.807, 2.05) is 146 Å². The van der Waals surface area contributed by atoms with Crippen molar-refractivity contribution in [2.24, 2.45) is 0 Å². The Bertz CT molecular complexity index is 1810. The lowest BCUT2D eigenvalue weighted by molar-refractivity contribution is -0.275. The molecule has 1 aliphatic rings. The molecule has 1 amide bonds. The first kappa shape index (κ1) is 37.1. The fourth-order valence-corrected chi connectivity index (χ4v) is 6.42. The third-order valence-corrected chi connectivity index (χ3v) is 9.12. The van der Waals surface area contributed by atoms with Crippen LogP contribution in [0.1, 0.15) is 49.8 Å². The van der Waals surface area contributed by atoms with Gasteiger partial charge in [0.25, 0.3) is 5.91 Å². The van der Waals surface area contributed by atoms with Gasteiger partial charge in [-0.25, -0.2) is 5.06 Å². The molecule has 5 atom stereocenters. The van der Waals surface area contributed by atoms with E-state index in [0.717, 1.165) is 33.4 Å². The highest BCUT2D eigenvalue weighted by atomic mass is 16.7. The SMILES string of the molecule is CON(C)C(=O)c1cc(C)cc([C@H]2O[C@H](COCc3ccccc3)[C@@H](OCc3ccccc3)[C@H](OCc3ccccc3)[C@@H]2OCc2ccccc2)c1. The first-order valence-corrected chi connectivity index (χ1v) is 17.7. The van der Waals surface area contributed by atoms with E-state index in [4.69, 9.17) is 28.5 Å². The number of ether oxygens (including phenoxy) is 5. The van der Waals surface area contributed by atoms with Crippen molar-refractivity contribution in [2.45, 2.75) is 63.9 Å². The van der Waals surface area contributed by atoms with Crippen LogP contribution in [0.2, 0.25) is 0 Å². The Morgan fingerprint density at radius 3 is 1.58 bits per heavy atom. The fraction of sp³-hybridized carbons (Fsp3) is 0.295. The molecule has 52 heavy (non-hydrogen) atoms. The number of carbonyl (C=O) groups is 1. The molecule has 0 aromatic heterocycles. The third-order valence-electron chi connectivity index (χ3n) is 9.12. The summed E-state index contributed by atoms with van der Waals surface area (Å²) in [6.45, 7) is 3.62. The maximum absolute atomic E-state index is 13.4. The Labute approximate surface area is 306 Å². The summed E-state index contributed by atoms with van der Waals surface area (Å²) in [6.07, 6.45) is -2.96. The van der Waals surface area contributed by atoms with E-state index in [-0.39, 0.29) is 12.5 Å². The maximum Gasteiger partial charge on any atom is 0.277 e. The van der Waals surface area contributed by atoms with E-state index >= 15 is 0 Å². The summed E-state index contributed by atoms with van der Waals surface area (Å²) < 4.78 is 34.0. The van der Waals surface area contributed by atoms with Gasteiger partial charge in [0.1, 0.15) is 30.5 Å². The van der Waals surface area contributed by atoms with Crippen LogP contribution in [0.15, 0.2) is 140 Å². The normalized spacial score (nSPS) is 20.0. The van der Waals surface area contributed by atoms with Crippen LogP contribution in [0.5, 0.6) is 0 Å². The Hall–Kier alpha value is -4.67. The molecule has 1 aliphatic heterocycles. The standard InChI is InChI=1S/C44H47NO7/c1-32-24-37(26-38(25-32)44(46)45(2)47-3)40-42(50-29-35-20-12-6-13-21-35)43(51-30-36-22-14-7-15-23-36)41(49-28-34-18-10-5-11-19-34)39(52-40)31-48-27-33-16-8-4-9-17-33/h4-26,39-43H,27-31H2,1-3H3/t39-,40-,41-,42-,43+/m1/s1. The third kappa shape index (κ3) is 10.0. The monoisotopic (exact) mass is 701 g/mol. The van der Waals surface area contributed by atoms with E-state index in [1.54, 1.807) is 7.05 Å². The average molecular weight is 702 g/mol. The fourth-order valence-electron chi connectivity index (χ4n) is 6.42. The smallest absolute Gasteiger partial charge is 0.277 e. The van der Waals surface area contributed by atoms with Crippen LogP contribution in [0, 0.1) is 6.92 Å². The van der Waals surface area contributed by atoms with Crippen LogP contribution >= 0.6 is 0 Å². The van der Waals surface area contributed by atoms with Crippen molar-refractivity contribution in [1.29, 1.82) is 0 Å². The first-order chi connectivity index (χ1) is 25.5. The Kier molecular flexibility index (Phi) is 13.3. The quantitative estimate of drug-likeness (QED) is 0.0965. The zero-order chi connectivity index (χ0) is 36.1. The number of hydroxylamine groups is 2. The summed E-state index contributed by atoms with van der Waals surface area (Å²) in [7, 11) is 3.06. The van der Waals surface area contributed by atoms with Gasteiger partial charge in [0.2, 0.25) is 0 Å². The van der Waals surface area contributed by atoms with Gasteiger partial charge >= 0.3 is 0 Å². The van der Waals surface area contributed by atoms with Gasteiger partial charge in [0.05, 0.1) is 40.1 Å². The van der Waals surface area contributed by atoms with Crippen molar-refractivity contribution in [3.8, 4) is 0 Å². The molecule has 1 heterocycles. The molecular weight excluding hydrogens is 654 g/mol. The van der Waals surface area contributed by atoms with Crippen LogP contribution in [0.25, 0.3) is 0 Å². The van der Waals surface area contributed by atoms with Crippen molar-refractivity contribution >= 4 is 5.91 Å². The molecular formula is C44H47NO7. The lowest BCUT2D eigenvalue weighted by Gasteiger charge is -2.46. The molecule has 8 nitrogen and oxygen atoms in total. The van der Waals surface area contributed by atoms with Gasteiger partial charge in [-0.2, -0.15) is 0 Å². The highest BCUT2D eigenvalue weighted by Crippen LogP contribution is 2.39. The summed E-state index contributed by atoms with van der Waals surface area (Å²) in [5.41, 5.74) is 6.29. The van der Waals surface area contributed by atoms with Gasteiger partial charge in [-0.1, -0.05) is 127 Å². The molecule has 0 aliphatic carbocycles. The summed E-state index contributed by atoms with van der Waals surface area (Å²) >= 11 is 0. The van der Waals surface area contributed by atoms with Crippen LogP contribution in [0.4, 0.5) is 0 Å². The largest absolute Gasteiger partial charge is 0.374 e. The average Bonchev–Trinajstić information content (AvgIpc) is 3.19. The summed E-state index contributed by atoms with van der Waals surface area (Å²) in [5.74, 6) is -0.270. The summed E-state index contributed by atoms with van der Waals surface area (Å²) in [4.78, 5) is 18.6. The zero-order valence-corrected chi connectivity index (χ0v) is 30.0. The van der Waals surface area contributed by atoms with Gasteiger partial charge in [-0.3, -0.25) is 9.63 Å². The van der Waals surface area contributed by atoms with E-state index in [0.29, 0.717) is 32.0 Å². The predicted octanol–water partition coefficient (Wildman–Crippen LogP) is 8.04. The molecule has 0 unspecified atom stereocenters. The molecule has 0 radical (unpaired) electrons. The second-order valence-corrected chi connectivity index (χ2v) is 13.0. The molecule has 270 valence electrons. The van der Waals surface area contributed by atoms with Gasteiger partial charge < -0.3 is 23.7 Å². The van der Waals surface area contributed by atoms with Crippen LogP contribution in [-0.2, 0) is 54.9 Å². The summed E-state index contributed by atoms with van der Waals surface area (Å²) in [5, 5.41) is 1.21. The maximum atomic E-state index is 13.4. The molecule has 1 fully saturated rings. The lowest BCUT2D eigenvalue weighted by atomic mass is 9.89. The van der Waals surface area contributed by atoms with E-state index in [1.165, 1.54) is 12.2 Å². The lowest BCUT2D eigenvalue weighted by Crippen LogP contribution is -2.58. The number of rotatable bonds is 16. The highest BCUT2D eigenvalue weighted by molar-refractivity contribution is 5.93. The number of carbonyl (C=O) groups excluding carboxylic acids is 1. The van der Waals surface area contributed by atoms with Crippen molar-refractivity contribution in [2.75, 3.05) is 20.8 Å². The molecule has 0 N–H and O–H groups in total. The van der Waals surface area contributed by atoms with E-state index < -0.39 is 30.5 Å². The second-order valence-electron chi connectivity index (χ2n) is 13.0. The van der Waals surface area contributed by atoms with Crippen LogP contribution in [0.3, 0.4) is 0 Å². The molecule has 5 aromatic carbocycles. The highest BCUT2D eigenvalue weighted by Gasteiger charge is 2.49. The molecule has 1 saturated heterocycles. The minimum Gasteiger partial charge on any atom is -0.374 e. The molecule has 5 aromatic rings.